The number of aliphatic imine (C=N–C) groups is 1. The Hall–Kier alpha value is -4.05. The summed E-state index contributed by atoms with van der Waals surface area (Å²) in [6.45, 7) is 4.18. The number of hydrogen-bond acceptors (Lipinski definition) is 7. The number of hydrogen-bond donors (Lipinski definition) is 1. The topological polar surface area (TPSA) is 101 Å². The molecular formula is C27H26N4O3. The summed E-state index contributed by atoms with van der Waals surface area (Å²) in [7, 11) is 3.12. The molecule has 172 valence electrons. The molecule has 1 aliphatic carbocycles. The number of anilines is 1. The summed E-state index contributed by atoms with van der Waals surface area (Å²) >= 11 is 0. The number of nitriles is 1. The summed E-state index contributed by atoms with van der Waals surface area (Å²) in [5.74, 6) is 1.21. The monoisotopic (exact) mass is 454 g/mol. The summed E-state index contributed by atoms with van der Waals surface area (Å²) in [5.41, 5.74) is 10.2. The van der Waals surface area contributed by atoms with E-state index in [-0.39, 0.29) is 11.2 Å². The van der Waals surface area contributed by atoms with Gasteiger partial charge < -0.3 is 15.2 Å². The lowest BCUT2D eigenvalue weighted by Gasteiger charge is -2.45. The third-order valence-corrected chi connectivity index (χ3v) is 6.71. The number of nitrogens with zero attached hydrogens (tertiary/aromatic N) is 3. The van der Waals surface area contributed by atoms with Gasteiger partial charge in [0.2, 0.25) is 0 Å². The van der Waals surface area contributed by atoms with Crippen molar-refractivity contribution in [2.75, 3.05) is 19.1 Å². The molecule has 0 radical (unpaired) electrons. The lowest BCUT2D eigenvalue weighted by atomic mass is 9.68. The minimum atomic E-state index is -0.637. The Labute approximate surface area is 198 Å². The van der Waals surface area contributed by atoms with Crippen LogP contribution in [0.1, 0.15) is 43.7 Å². The summed E-state index contributed by atoms with van der Waals surface area (Å²) in [4.78, 5) is 20.4. The minimum absolute atomic E-state index is 0.0212. The molecule has 0 bridgehead atoms. The van der Waals surface area contributed by atoms with Crippen molar-refractivity contribution in [3.8, 4) is 17.6 Å². The number of fused-ring (bicyclic) bond motifs is 4. The molecule has 1 atom stereocenters. The van der Waals surface area contributed by atoms with Crippen molar-refractivity contribution in [1.82, 2.24) is 0 Å². The number of allylic oxidation sites excluding steroid dienone is 3. The molecule has 7 heteroatoms. The number of carbonyl (C=O) groups is 1. The highest BCUT2D eigenvalue weighted by Gasteiger charge is 2.47. The maximum absolute atomic E-state index is 13.7. The van der Waals surface area contributed by atoms with E-state index in [1.165, 1.54) is 0 Å². The molecule has 0 unspecified atom stereocenters. The molecular weight excluding hydrogens is 428 g/mol. The molecule has 2 aromatic rings. The second kappa shape index (κ2) is 7.77. The van der Waals surface area contributed by atoms with Crippen LogP contribution < -0.4 is 20.1 Å². The standard InChI is InChI=1S/C27H26N4O3/c1-27(2)12-19-23(20(32)13-27)22(16-9-7-11-21(33-3)24(16)34-4)17(14-28)26-30-25(29)15-8-5-6-10-18(15)31(19)26/h5-11,22H,12-13H2,1-4H3,(H2,29,30)/t22-/m1/s1. The molecule has 0 saturated carbocycles. The Kier molecular flexibility index (Phi) is 4.98. The number of nitrogens with two attached hydrogens (primary N) is 1. The van der Waals surface area contributed by atoms with Gasteiger partial charge in [0, 0.05) is 28.8 Å². The van der Waals surface area contributed by atoms with Gasteiger partial charge in [-0.25, -0.2) is 4.99 Å². The first-order valence-electron chi connectivity index (χ1n) is 11.2. The molecule has 0 fully saturated rings. The van der Waals surface area contributed by atoms with E-state index in [0.717, 1.165) is 16.9 Å². The van der Waals surface area contributed by atoms with Gasteiger partial charge >= 0.3 is 0 Å². The molecule has 2 N–H and O–H groups in total. The number of ketones is 1. The van der Waals surface area contributed by atoms with Crippen LogP contribution in [0.2, 0.25) is 0 Å². The van der Waals surface area contributed by atoms with Crippen LogP contribution in [-0.4, -0.2) is 25.8 Å². The lowest BCUT2D eigenvalue weighted by molar-refractivity contribution is -0.118. The first-order chi connectivity index (χ1) is 16.3. The maximum atomic E-state index is 13.7. The summed E-state index contributed by atoms with van der Waals surface area (Å²) in [6, 6.07) is 15.6. The van der Waals surface area contributed by atoms with Gasteiger partial charge in [0.1, 0.15) is 5.84 Å². The van der Waals surface area contributed by atoms with Gasteiger partial charge in [-0.3, -0.25) is 9.69 Å². The summed E-state index contributed by atoms with van der Waals surface area (Å²) in [6.07, 6.45) is 1.05. The SMILES string of the molecule is COc1cccc([C@@H]2C(C#N)=C3N=C(N)c4ccccc4N3C3=C2C(=O)CC(C)(C)C3)c1OC. The van der Waals surface area contributed by atoms with E-state index < -0.39 is 5.92 Å². The van der Waals surface area contributed by atoms with Gasteiger partial charge in [0.05, 0.1) is 37.5 Å². The number of amidine groups is 1. The van der Waals surface area contributed by atoms with E-state index in [4.69, 9.17) is 20.2 Å². The van der Waals surface area contributed by atoms with Crippen LogP contribution in [0.25, 0.3) is 0 Å². The second-order valence-electron chi connectivity index (χ2n) is 9.52. The highest BCUT2D eigenvalue weighted by Crippen LogP contribution is 2.54. The van der Waals surface area contributed by atoms with Crippen molar-refractivity contribution < 1.29 is 14.3 Å². The normalized spacial score (nSPS) is 20.7. The van der Waals surface area contributed by atoms with E-state index in [0.29, 0.717) is 52.7 Å². The van der Waals surface area contributed by atoms with Gasteiger partial charge in [-0.1, -0.05) is 38.1 Å². The molecule has 0 aromatic heterocycles. The zero-order valence-corrected chi connectivity index (χ0v) is 19.7. The Bertz CT molecular complexity index is 1360. The molecule has 2 aromatic carbocycles. The summed E-state index contributed by atoms with van der Waals surface area (Å²) in [5, 5.41) is 10.4. The van der Waals surface area contributed by atoms with Crippen LogP contribution in [0.15, 0.2) is 70.1 Å². The van der Waals surface area contributed by atoms with E-state index in [9.17, 15) is 10.1 Å². The first kappa shape index (κ1) is 21.8. The number of Topliss-reactive ketones (excluding diaryl/α,β-unsaturated/α-hetero) is 1. The van der Waals surface area contributed by atoms with Crippen molar-refractivity contribution in [1.29, 1.82) is 5.26 Å². The largest absolute Gasteiger partial charge is 0.493 e. The van der Waals surface area contributed by atoms with Crippen LogP contribution in [0.3, 0.4) is 0 Å². The van der Waals surface area contributed by atoms with E-state index >= 15 is 0 Å². The number of methoxy groups -OCH3 is 2. The fourth-order valence-corrected chi connectivity index (χ4v) is 5.34. The fourth-order valence-electron chi connectivity index (χ4n) is 5.34. The number of para-hydroxylation sites is 2. The molecule has 3 aliphatic rings. The fraction of sp³-hybridized carbons (Fsp3) is 0.296. The average Bonchev–Trinajstić information content (AvgIpc) is 2.81. The number of rotatable bonds is 3. The smallest absolute Gasteiger partial charge is 0.164 e. The Morgan fingerprint density at radius 1 is 1.12 bits per heavy atom. The van der Waals surface area contributed by atoms with Gasteiger partial charge in [0.15, 0.2) is 23.1 Å². The van der Waals surface area contributed by atoms with E-state index in [1.54, 1.807) is 20.3 Å². The van der Waals surface area contributed by atoms with Gasteiger partial charge in [-0.05, 0) is 30.0 Å². The van der Waals surface area contributed by atoms with Gasteiger partial charge in [-0.2, -0.15) is 5.26 Å². The third-order valence-electron chi connectivity index (χ3n) is 6.71. The van der Waals surface area contributed by atoms with E-state index in [2.05, 4.69) is 19.9 Å². The van der Waals surface area contributed by atoms with Gasteiger partial charge in [0.25, 0.3) is 0 Å². The molecule has 2 aliphatic heterocycles. The zero-order chi connectivity index (χ0) is 24.2. The molecule has 34 heavy (non-hydrogen) atoms. The second-order valence-corrected chi connectivity index (χ2v) is 9.52. The lowest BCUT2D eigenvalue weighted by Crippen LogP contribution is -2.42. The molecule has 0 spiro atoms. The quantitative estimate of drug-likeness (QED) is 0.737. The maximum Gasteiger partial charge on any atom is 0.164 e. The van der Waals surface area contributed by atoms with Crippen molar-refractivity contribution in [2.24, 2.45) is 16.1 Å². The average molecular weight is 455 g/mol. The van der Waals surface area contributed by atoms with Crippen LogP contribution in [0, 0.1) is 16.7 Å². The van der Waals surface area contributed by atoms with Crippen LogP contribution >= 0.6 is 0 Å². The molecule has 0 amide bonds. The van der Waals surface area contributed by atoms with Crippen molar-refractivity contribution >= 4 is 17.3 Å². The van der Waals surface area contributed by atoms with Crippen molar-refractivity contribution in [3.05, 3.63) is 76.3 Å². The zero-order valence-electron chi connectivity index (χ0n) is 19.7. The first-order valence-corrected chi connectivity index (χ1v) is 11.2. The predicted molar refractivity (Wildman–Crippen MR) is 130 cm³/mol. The Morgan fingerprint density at radius 2 is 1.88 bits per heavy atom. The Morgan fingerprint density at radius 3 is 2.59 bits per heavy atom. The van der Waals surface area contributed by atoms with Crippen molar-refractivity contribution in [2.45, 2.75) is 32.6 Å². The predicted octanol–water partition coefficient (Wildman–Crippen LogP) is 4.40. The number of carbonyl (C=O) groups excluding carboxylic acids is 1. The number of benzene rings is 2. The minimum Gasteiger partial charge on any atom is -0.493 e. The third kappa shape index (κ3) is 3.10. The van der Waals surface area contributed by atoms with Crippen LogP contribution in [0.4, 0.5) is 5.69 Å². The van der Waals surface area contributed by atoms with E-state index in [1.807, 2.05) is 41.3 Å². The molecule has 5 rings (SSSR count). The Balaban J connectivity index is 1.87. The number of ether oxygens (including phenoxy) is 2. The summed E-state index contributed by atoms with van der Waals surface area (Å²) < 4.78 is 11.2. The van der Waals surface area contributed by atoms with Crippen LogP contribution in [0.5, 0.6) is 11.5 Å². The van der Waals surface area contributed by atoms with Crippen LogP contribution in [-0.2, 0) is 4.79 Å². The highest BCUT2D eigenvalue weighted by atomic mass is 16.5. The molecule has 2 heterocycles. The van der Waals surface area contributed by atoms with Crippen molar-refractivity contribution in [3.63, 3.8) is 0 Å². The van der Waals surface area contributed by atoms with Gasteiger partial charge in [-0.15, -0.1) is 0 Å². The molecule has 0 saturated heterocycles. The molecule has 7 nitrogen and oxygen atoms in total. The highest BCUT2D eigenvalue weighted by molar-refractivity contribution is 6.08.